The minimum Gasteiger partial charge on any atom is -1.00 e. The summed E-state index contributed by atoms with van der Waals surface area (Å²) >= 11 is 0. The Morgan fingerprint density at radius 1 is 1.32 bits per heavy atom. The Morgan fingerprint density at radius 3 is 2.58 bits per heavy atom. The van der Waals surface area contributed by atoms with Crippen molar-refractivity contribution in [3.63, 3.8) is 0 Å². The van der Waals surface area contributed by atoms with Crippen molar-refractivity contribution in [3.8, 4) is 0 Å². The zero-order valence-corrected chi connectivity index (χ0v) is 13.7. The van der Waals surface area contributed by atoms with Crippen molar-refractivity contribution in [1.82, 2.24) is 4.57 Å². The van der Waals surface area contributed by atoms with Crippen LogP contribution in [0.3, 0.4) is 0 Å². The van der Waals surface area contributed by atoms with Crippen molar-refractivity contribution < 1.29 is 31.1 Å². The Bertz CT molecular complexity index is 366. The van der Waals surface area contributed by atoms with Crippen LogP contribution >= 0.6 is 0 Å². The van der Waals surface area contributed by atoms with Crippen molar-refractivity contribution in [3.05, 3.63) is 18.7 Å². The summed E-state index contributed by atoms with van der Waals surface area (Å²) in [4.78, 5) is 11.6. The van der Waals surface area contributed by atoms with Gasteiger partial charge in [-0.2, -0.15) is 4.57 Å². The van der Waals surface area contributed by atoms with Crippen LogP contribution in [0.2, 0.25) is 0 Å². The highest BCUT2D eigenvalue weighted by molar-refractivity contribution is 5.69. The minimum atomic E-state index is -0.227. The fourth-order valence-electron chi connectivity index (χ4n) is 1.87. The predicted molar refractivity (Wildman–Crippen MR) is 69.8 cm³/mol. The number of imidazole rings is 1. The molecule has 110 valence electrons. The molecule has 0 amide bonds. The maximum absolute atomic E-state index is 11.6. The van der Waals surface area contributed by atoms with Crippen LogP contribution in [-0.4, -0.2) is 10.5 Å². The number of unbranched alkanes of at least 4 members (excludes halogenated alkanes) is 4. The number of carbonyl (C=O) groups is 1. The number of esters is 1. The molecule has 0 spiro atoms. The number of hydrogen-bond donors (Lipinski definition) is 0. The van der Waals surface area contributed by atoms with Crippen LogP contribution in [0.25, 0.3) is 0 Å². The first-order valence-electron chi connectivity index (χ1n) is 6.85. The lowest BCUT2D eigenvalue weighted by Crippen LogP contribution is -3.00. The van der Waals surface area contributed by atoms with Gasteiger partial charge in [-0.1, -0.05) is 32.6 Å². The van der Waals surface area contributed by atoms with E-state index in [1.165, 1.54) is 19.3 Å². The first-order chi connectivity index (χ1) is 8.63. The third-order valence-electron chi connectivity index (χ3n) is 3.00. The molecule has 0 aromatic carbocycles. The van der Waals surface area contributed by atoms with Crippen LogP contribution in [0.15, 0.2) is 18.7 Å². The van der Waals surface area contributed by atoms with Gasteiger partial charge in [0, 0.05) is 13.3 Å². The number of aryl methyl sites for hydroxylation is 1. The molecule has 0 fully saturated rings. The predicted octanol–water partition coefficient (Wildman–Crippen LogP) is -0.261. The smallest absolute Gasteiger partial charge is 0.309 e. The fourth-order valence-corrected chi connectivity index (χ4v) is 1.87. The van der Waals surface area contributed by atoms with E-state index in [0.717, 1.165) is 12.8 Å². The molecule has 1 unspecified atom stereocenters. The van der Waals surface area contributed by atoms with Gasteiger partial charge in [-0.25, -0.2) is 4.57 Å². The number of ether oxygens (including phenoxy) is 1. The van der Waals surface area contributed by atoms with Crippen molar-refractivity contribution >= 4 is 5.97 Å². The quantitative estimate of drug-likeness (QED) is 0.373. The van der Waals surface area contributed by atoms with E-state index in [-0.39, 0.29) is 29.2 Å². The molecule has 0 aliphatic heterocycles. The monoisotopic (exact) mass is 332 g/mol. The van der Waals surface area contributed by atoms with Crippen molar-refractivity contribution in [2.24, 2.45) is 7.05 Å². The van der Waals surface area contributed by atoms with Gasteiger partial charge < -0.3 is 21.7 Å². The van der Waals surface area contributed by atoms with Gasteiger partial charge in [0.25, 0.3) is 0 Å². The van der Waals surface area contributed by atoms with Crippen LogP contribution in [0.5, 0.6) is 0 Å². The highest BCUT2D eigenvalue weighted by Gasteiger charge is 2.14. The summed E-state index contributed by atoms with van der Waals surface area (Å²) in [5, 5.41) is 0. The maximum atomic E-state index is 11.6. The van der Waals surface area contributed by atoms with Gasteiger partial charge in [-0.05, 0) is 6.42 Å². The molecule has 1 aromatic rings. The molecule has 1 heterocycles. The average Bonchev–Trinajstić information content (AvgIpc) is 2.75. The van der Waals surface area contributed by atoms with E-state index < -0.39 is 0 Å². The number of nitrogens with zero attached hydrogens (tertiary/aromatic N) is 2. The largest absolute Gasteiger partial charge is 1.00 e. The molecule has 0 aliphatic carbocycles. The van der Waals surface area contributed by atoms with Gasteiger partial charge in [-0.3, -0.25) is 4.79 Å². The van der Waals surface area contributed by atoms with Crippen LogP contribution < -0.4 is 21.5 Å². The first-order valence-corrected chi connectivity index (χ1v) is 6.85. The molecule has 4 nitrogen and oxygen atoms in total. The van der Waals surface area contributed by atoms with Crippen molar-refractivity contribution in [1.29, 1.82) is 0 Å². The molecule has 0 saturated carbocycles. The van der Waals surface area contributed by atoms with E-state index in [2.05, 4.69) is 6.92 Å². The maximum Gasteiger partial charge on any atom is 0.309 e. The van der Waals surface area contributed by atoms with E-state index >= 15 is 0 Å². The van der Waals surface area contributed by atoms with Crippen molar-refractivity contribution in [2.75, 3.05) is 0 Å². The third kappa shape index (κ3) is 7.35. The molecular weight excluding hydrogens is 308 g/mol. The SMILES string of the molecule is CCCCCCCC(=O)OC(C)n1cc[n+](C)c1.[Br-]. The molecule has 5 heteroatoms. The molecule has 1 aromatic heterocycles. The second-order valence-corrected chi connectivity index (χ2v) is 4.78. The Balaban J connectivity index is 0.00000324. The lowest BCUT2D eigenvalue weighted by molar-refractivity contribution is -0.671. The number of rotatable bonds is 8. The van der Waals surface area contributed by atoms with Crippen LogP contribution in [0.1, 0.15) is 58.6 Å². The molecule has 1 atom stereocenters. The lowest BCUT2D eigenvalue weighted by atomic mass is 10.1. The second kappa shape index (κ2) is 10.0. The first kappa shape index (κ1) is 18.2. The number of aromatic nitrogens is 2. The van der Waals surface area contributed by atoms with Crippen molar-refractivity contribution in [2.45, 2.75) is 58.6 Å². The average molecular weight is 333 g/mol. The highest BCUT2D eigenvalue weighted by atomic mass is 79.9. The molecule has 1 rings (SSSR count). The molecule has 0 radical (unpaired) electrons. The van der Waals surface area contributed by atoms with Gasteiger partial charge in [-0.15, -0.1) is 0 Å². The van der Waals surface area contributed by atoms with Crippen LogP contribution in [0.4, 0.5) is 0 Å². The molecule has 19 heavy (non-hydrogen) atoms. The third-order valence-corrected chi connectivity index (χ3v) is 3.00. The van der Waals surface area contributed by atoms with E-state index in [9.17, 15) is 4.79 Å². The standard InChI is InChI=1S/C14H25N2O2.BrH/c1-4-5-6-7-8-9-14(17)18-13(2)16-11-10-15(3)12-16;/h10-13H,4-9H2,1-3H3;1H/q+1;/p-1. The van der Waals surface area contributed by atoms with Gasteiger partial charge in [0.15, 0.2) is 0 Å². The van der Waals surface area contributed by atoms with E-state index in [1.54, 1.807) is 0 Å². The zero-order valence-electron chi connectivity index (χ0n) is 12.1. The van der Waals surface area contributed by atoms with Crippen LogP contribution in [-0.2, 0) is 16.6 Å². The zero-order chi connectivity index (χ0) is 13.4. The molecular formula is C14H25BrN2O2. The molecule has 0 N–H and O–H groups in total. The molecule has 0 aliphatic rings. The summed E-state index contributed by atoms with van der Waals surface area (Å²) in [7, 11) is 1.94. The summed E-state index contributed by atoms with van der Waals surface area (Å²) in [6.07, 6.45) is 11.8. The summed E-state index contributed by atoms with van der Waals surface area (Å²) in [5.74, 6) is -0.102. The number of halogens is 1. The van der Waals surface area contributed by atoms with E-state index in [1.807, 2.05) is 41.8 Å². The normalized spacial score (nSPS) is 11.7. The van der Waals surface area contributed by atoms with Gasteiger partial charge in [0.05, 0.1) is 7.05 Å². The summed E-state index contributed by atoms with van der Waals surface area (Å²) < 4.78 is 9.18. The molecule has 0 bridgehead atoms. The Labute approximate surface area is 126 Å². The Morgan fingerprint density at radius 2 is 2.00 bits per heavy atom. The fraction of sp³-hybridized carbons (Fsp3) is 0.714. The molecule has 0 saturated heterocycles. The Hall–Kier alpha value is -0.840. The minimum absolute atomic E-state index is 0. The topological polar surface area (TPSA) is 35.1 Å². The summed E-state index contributed by atoms with van der Waals surface area (Å²) in [6.45, 7) is 4.07. The van der Waals surface area contributed by atoms with Gasteiger partial charge >= 0.3 is 5.97 Å². The van der Waals surface area contributed by atoms with Crippen LogP contribution in [0, 0.1) is 0 Å². The number of carbonyl (C=O) groups excluding carboxylic acids is 1. The second-order valence-electron chi connectivity index (χ2n) is 4.78. The highest BCUT2D eigenvalue weighted by Crippen LogP contribution is 2.10. The van der Waals surface area contributed by atoms with E-state index in [4.69, 9.17) is 4.74 Å². The van der Waals surface area contributed by atoms with Gasteiger partial charge in [0.1, 0.15) is 12.4 Å². The Kier molecular flexibility index (Phi) is 9.57. The summed E-state index contributed by atoms with van der Waals surface area (Å²) in [5.41, 5.74) is 0. The van der Waals surface area contributed by atoms with Gasteiger partial charge in [0.2, 0.25) is 12.6 Å². The van der Waals surface area contributed by atoms with E-state index in [0.29, 0.717) is 6.42 Å². The number of hydrogen-bond acceptors (Lipinski definition) is 2. The lowest BCUT2D eigenvalue weighted by Gasteiger charge is -2.09. The summed E-state index contributed by atoms with van der Waals surface area (Å²) in [6, 6.07) is 0.